The van der Waals surface area contributed by atoms with Gasteiger partial charge in [0.2, 0.25) is 0 Å². The zero-order chi connectivity index (χ0) is 26.1. The fraction of sp³-hybridized carbons (Fsp3) is 0.640. The number of nitrogens with zero attached hydrogens (tertiary/aromatic N) is 2. The van der Waals surface area contributed by atoms with Crippen LogP contribution in [0.1, 0.15) is 44.6 Å². The van der Waals surface area contributed by atoms with Gasteiger partial charge >= 0.3 is 0 Å². The highest BCUT2D eigenvalue weighted by Crippen LogP contribution is 2.37. The Kier molecular flexibility index (Phi) is 11.1. The van der Waals surface area contributed by atoms with Crippen molar-refractivity contribution >= 4 is 18.4 Å². The molecule has 2 rings (SSSR count). The Morgan fingerprint density at radius 3 is 2.17 bits per heavy atom. The number of benzene rings is 1. The number of aromatic nitrogens is 2. The lowest BCUT2D eigenvalue weighted by molar-refractivity contribution is 0.0337. The van der Waals surface area contributed by atoms with Crippen molar-refractivity contribution in [2.24, 2.45) is 0 Å². The number of hydrogen-bond acceptors (Lipinski definition) is 7. The normalized spacial score (nSPS) is 12.9. The Morgan fingerprint density at radius 1 is 0.971 bits per heavy atom. The summed E-state index contributed by atoms with van der Waals surface area (Å²) in [6.07, 6.45) is 0.872. The predicted octanol–water partition coefficient (Wildman–Crippen LogP) is 4.71. The van der Waals surface area contributed by atoms with Gasteiger partial charge in [-0.15, -0.1) is 0 Å². The molecule has 198 valence electrons. The van der Waals surface area contributed by atoms with Crippen molar-refractivity contribution in [3.05, 3.63) is 47.3 Å². The van der Waals surface area contributed by atoms with Gasteiger partial charge < -0.3 is 13.9 Å². The van der Waals surface area contributed by atoms with Crippen LogP contribution in [0.4, 0.5) is 0 Å². The van der Waals surface area contributed by atoms with Crippen LogP contribution in [0.5, 0.6) is 0 Å². The van der Waals surface area contributed by atoms with Gasteiger partial charge in [0.05, 0.1) is 62.5 Å². The molecule has 0 spiro atoms. The molecule has 0 unspecified atom stereocenters. The third kappa shape index (κ3) is 9.43. The van der Waals surface area contributed by atoms with Crippen molar-refractivity contribution in [1.29, 1.82) is 0 Å². The Bertz CT molecular complexity index is 1010. The summed E-state index contributed by atoms with van der Waals surface area (Å²) in [5.74, 6) is 0. The van der Waals surface area contributed by atoms with Crippen molar-refractivity contribution in [3.63, 3.8) is 0 Å². The largest absolute Gasteiger partial charge is 0.411 e. The van der Waals surface area contributed by atoms with Gasteiger partial charge in [-0.1, -0.05) is 45.4 Å². The summed E-state index contributed by atoms with van der Waals surface area (Å²) in [5, 5.41) is 4.83. The third-order valence-electron chi connectivity index (χ3n) is 6.26. The van der Waals surface area contributed by atoms with E-state index >= 15 is 0 Å². The highest BCUT2D eigenvalue weighted by molar-refractivity contribution is 7.86. The summed E-state index contributed by atoms with van der Waals surface area (Å²) in [7, 11) is -5.61. The molecule has 0 atom stereocenters. The Labute approximate surface area is 212 Å². The fourth-order valence-electron chi connectivity index (χ4n) is 2.92. The van der Waals surface area contributed by atoms with Gasteiger partial charge in [-0.05, 0) is 49.7 Å². The number of aryl methyl sites for hydroxylation is 2. The maximum Gasteiger partial charge on any atom is 0.297 e. The number of rotatable bonds is 15. The van der Waals surface area contributed by atoms with Gasteiger partial charge in [0, 0.05) is 0 Å². The molecule has 1 heterocycles. The van der Waals surface area contributed by atoms with Crippen LogP contribution in [-0.4, -0.2) is 59.6 Å². The average molecular weight is 527 g/mol. The van der Waals surface area contributed by atoms with E-state index in [4.69, 9.17) is 18.1 Å². The predicted molar refractivity (Wildman–Crippen MR) is 140 cm³/mol. The Morgan fingerprint density at radius 2 is 1.57 bits per heavy atom. The van der Waals surface area contributed by atoms with Crippen LogP contribution in [0.3, 0.4) is 0 Å². The second kappa shape index (κ2) is 13.1. The van der Waals surface area contributed by atoms with Crippen molar-refractivity contribution < 1.29 is 26.5 Å². The van der Waals surface area contributed by atoms with E-state index in [1.54, 1.807) is 12.1 Å². The minimum atomic E-state index is -3.76. The van der Waals surface area contributed by atoms with E-state index in [-0.39, 0.29) is 23.1 Å². The van der Waals surface area contributed by atoms with E-state index < -0.39 is 18.4 Å². The minimum absolute atomic E-state index is 0.0408. The summed E-state index contributed by atoms with van der Waals surface area (Å²) in [5.41, 5.74) is 3.10. The molecule has 0 saturated carbocycles. The first kappa shape index (κ1) is 29.7. The maximum atomic E-state index is 12.1. The topological polar surface area (TPSA) is 88.9 Å². The number of hydrogen-bond donors (Lipinski definition) is 0. The van der Waals surface area contributed by atoms with E-state index in [0.29, 0.717) is 33.0 Å². The Balaban J connectivity index is 1.67. The molecule has 1 aromatic carbocycles. The monoisotopic (exact) mass is 526 g/mol. The molecule has 1 aromatic heterocycles. The lowest BCUT2D eigenvalue weighted by Gasteiger charge is -2.36. The quantitative estimate of drug-likeness (QED) is 0.189. The van der Waals surface area contributed by atoms with Gasteiger partial charge in [0.1, 0.15) is 0 Å². The maximum absolute atomic E-state index is 12.1. The second-order valence-electron chi connectivity index (χ2n) is 10.1. The van der Waals surface area contributed by atoms with E-state index in [9.17, 15) is 8.42 Å². The first-order valence-electron chi connectivity index (χ1n) is 12.2. The van der Waals surface area contributed by atoms with Gasteiger partial charge in [0.15, 0.2) is 8.32 Å². The van der Waals surface area contributed by atoms with Crippen LogP contribution in [0.25, 0.3) is 0 Å². The van der Waals surface area contributed by atoms with Crippen LogP contribution in [-0.2, 0) is 47.8 Å². The van der Waals surface area contributed by atoms with Crippen LogP contribution in [0.2, 0.25) is 18.1 Å². The number of ether oxygens (including phenoxy) is 2. The molecule has 0 aliphatic rings. The van der Waals surface area contributed by atoms with Crippen LogP contribution < -0.4 is 0 Å². The van der Waals surface area contributed by atoms with Gasteiger partial charge in [-0.2, -0.15) is 13.5 Å². The molecule has 35 heavy (non-hydrogen) atoms. The second-order valence-corrected chi connectivity index (χ2v) is 16.5. The highest BCUT2D eigenvalue weighted by Gasteiger charge is 2.37. The van der Waals surface area contributed by atoms with Gasteiger partial charge in [-0.3, -0.25) is 8.86 Å². The first-order valence-corrected chi connectivity index (χ1v) is 16.5. The zero-order valence-corrected chi connectivity index (χ0v) is 24.1. The molecule has 0 N–H and O–H groups in total. The van der Waals surface area contributed by atoms with Crippen LogP contribution in [0.15, 0.2) is 35.2 Å². The summed E-state index contributed by atoms with van der Waals surface area (Å²) in [6.45, 7) is 17.8. The molecule has 0 fully saturated rings. The molecule has 0 aliphatic carbocycles. The first-order chi connectivity index (χ1) is 16.4. The minimum Gasteiger partial charge on any atom is -0.411 e. The van der Waals surface area contributed by atoms with E-state index in [0.717, 1.165) is 23.4 Å². The average Bonchev–Trinajstić information content (AvgIpc) is 3.18. The van der Waals surface area contributed by atoms with Crippen molar-refractivity contribution in [2.75, 3.05) is 33.0 Å². The smallest absolute Gasteiger partial charge is 0.297 e. The molecule has 0 radical (unpaired) electrons. The molecule has 0 saturated heterocycles. The molecule has 8 nitrogen and oxygen atoms in total. The molecule has 10 heteroatoms. The third-order valence-corrected chi connectivity index (χ3v) is 12.1. The summed E-state index contributed by atoms with van der Waals surface area (Å²) >= 11 is 0. The zero-order valence-electron chi connectivity index (χ0n) is 22.3. The van der Waals surface area contributed by atoms with E-state index in [2.05, 4.69) is 52.0 Å². The molecule has 0 amide bonds. The van der Waals surface area contributed by atoms with E-state index in [1.165, 1.54) is 12.1 Å². The van der Waals surface area contributed by atoms with Crippen molar-refractivity contribution in [3.8, 4) is 0 Å². The van der Waals surface area contributed by atoms with Crippen LogP contribution >= 0.6 is 0 Å². The molecule has 0 aliphatic heterocycles. The Hall–Kier alpha value is -1.56. The van der Waals surface area contributed by atoms with Gasteiger partial charge in [-0.25, -0.2) is 0 Å². The van der Waals surface area contributed by atoms with E-state index in [1.807, 2.05) is 11.6 Å². The van der Waals surface area contributed by atoms with Crippen molar-refractivity contribution in [2.45, 2.75) is 77.2 Å². The van der Waals surface area contributed by atoms with Crippen molar-refractivity contribution in [1.82, 2.24) is 9.78 Å². The summed E-state index contributed by atoms with van der Waals surface area (Å²) in [6, 6.07) is 8.66. The molecule has 2 aromatic rings. The van der Waals surface area contributed by atoms with Crippen LogP contribution in [0, 0.1) is 6.92 Å². The summed E-state index contributed by atoms with van der Waals surface area (Å²) in [4.78, 5) is 0.144. The standard InChI is InChI=1S/C25H42N2O6SSi/c1-8-22-19-23(20-33-35(6,7)25(3,4)5)27(26-22)13-14-30-15-16-31-17-18-32-34(28,29)24-11-9-21(2)10-12-24/h9-12,19H,8,13-18,20H2,1-7H3. The molecule has 0 bridgehead atoms. The molecular weight excluding hydrogens is 484 g/mol. The van der Waals surface area contributed by atoms with Gasteiger partial charge in [0.25, 0.3) is 10.1 Å². The molecular formula is C25H42N2O6SSi. The lowest BCUT2D eigenvalue weighted by atomic mass is 10.2. The lowest BCUT2D eigenvalue weighted by Crippen LogP contribution is -2.40. The summed E-state index contributed by atoms with van der Waals surface area (Å²) < 4.78 is 48.8. The SMILES string of the molecule is CCc1cc(CO[Si](C)(C)C(C)(C)C)n(CCOCCOCCOS(=O)(=O)c2ccc(C)cc2)n1. The fourth-order valence-corrected chi connectivity index (χ4v) is 4.75. The highest BCUT2D eigenvalue weighted by atomic mass is 32.2.